The predicted molar refractivity (Wildman–Crippen MR) is 132 cm³/mol. The van der Waals surface area contributed by atoms with Crippen molar-refractivity contribution in [2.24, 2.45) is 0 Å². The van der Waals surface area contributed by atoms with Gasteiger partial charge in [0.15, 0.2) is 0 Å². The van der Waals surface area contributed by atoms with E-state index >= 15 is 0 Å². The van der Waals surface area contributed by atoms with Crippen molar-refractivity contribution in [3.63, 3.8) is 0 Å². The number of rotatable bonds is 17. The zero-order valence-corrected chi connectivity index (χ0v) is 23.1. The van der Waals surface area contributed by atoms with E-state index in [4.69, 9.17) is 66.5 Å². The lowest BCUT2D eigenvalue weighted by Gasteiger charge is -2.07. The fourth-order valence-electron chi connectivity index (χ4n) is 2.87. The molecule has 0 aliphatic heterocycles. The van der Waals surface area contributed by atoms with Crippen molar-refractivity contribution in [1.82, 2.24) is 0 Å². The van der Waals surface area contributed by atoms with Gasteiger partial charge >= 0.3 is 12.7 Å². The molecule has 0 saturated carbocycles. The van der Waals surface area contributed by atoms with E-state index in [-0.39, 0.29) is 0 Å². The predicted octanol–water partition coefficient (Wildman–Crippen LogP) is 10.3. The molecule has 0 aromatic carbocycles. The van der Waals surface area contributed by atoms with Crippen molar-refractivity contribution in [3.05, 3.63) is 0 Å². The van der Waals surface area contributed by atoms with Crippen LogP contribution in [0.4, 0.5) is 0 Å². The molecule has 0 amide bonds. The van der Waals surface area contributed by atoms with Gasteiger partial charge in [0.25, 0.3) is 0 Å². The molecule has 0 aliphatic carbocycles. The van der Waals surface area contributed by atoms with Crippen LogP contribution in [0, 0.1) is 0 Å². The third kappa shape index (κ3) is 37.0. The van der Waals surface area contributed by atoms with Gasteiger partial charge in [0.05, 0.1) is 0 Å². The first kappa shape index (κ1) is 30.4. The lowest BCUT2D eigenvalue weighted by atomic mass is 10.0. The van der Waals surface area contributed by atoms with E-state index in [2.05, 4.69) is 6.92 Å². The van der Waals surface area contributed by atoms with Crippen LogP contribution in [-0.4, -0.2) is 12.7 Å². The van der Waals surface area contributed by atoms with Crippen LogP contribution >= 0.6 is 66.5 Å². The molecule has 0 aliphatic rings. The van der Waals surface area contributed by atoms with Crippen molar-refractivity contribution < 1.29 is 0 Å². The van der Waals surface area contributed by atoms with Gasteiger partial charge in [-0.05, 0) is 6.04 Å². The fraction of sp³-hybridized carbons (Fsp3) is 1.00. The Morgan fingerprint density at radius 1 is 0.500 bits per heavy atom. The van der Waals surface area contributed by atoms with Gasteiger partial charge < -0.3 is 0 Å². The molecule has 26 heavy (non-hydrogen) atoms. The van der Waals surface area contributed by atoms with Crippen molar-refractivity contribution in [3.8, 4) is 0 Å². The Morgan fingerprint density at radius 3 is 0.962 bits per heavy atom. The lowest BCUT2D eigenvalue weighted by molar-refractivity contribution is 0.531. The molecule has 0 atom stereocenters. The van der Waals surface area contributed by atoms with E-state index in [1.807, 2.05) is 0 Å². The van der Waals surface area contributed by atoms with Gasteiger partial charge in [0.2, 0.25) is 0 Å². The normalized spacial score (nSPS) is 11.5. The Kier molecular flexibility index (Phi) is 27.4. The summed E-state index contributed by atoms with van der Waals surface area (Å²) < 4.78 is 0. The maximum atomic E-state index is 5.87. The third-order valence-corrected chi connectivity index (χ3v) is 6.94. The van der Waals surface area contributed by atoms with Crippen LogP contribution in [0.25, 0.3) is 0 Å². The first-order chi connectivity index (χ1) is 12.3. The minimum atomic E-state index is -2.35. The highest BCUT2D eigenvalue weighted by Crippen LogP contribution is 2.27. The minimum absolute atomic E-state index is 0.829. The number of hydrogen-bond donors (Lipinski definition) is 0. The second-order valence-corrected chi connectivity index (χ2v) is 22.6. The van der Waals surface area contributed by atoms with Crippen molar-refractivity contribution in [1.29, 1.82) is 0 Å². The van der Waals surface area contributed by atoms with E-state index in [0.717, 1.165) is 12.5 Å². The average Bonchev–Trinajstić information content (AvgIpc) is 2.53. The Hall–Kier alpha value is 2.17. The van der Waals surface area contributed by atoms with Crippen LogP contribution in [0.15, 0.2) is 0 Å². The summed E-state index contributed by atoms with van der Waals surface area (Å²) in [5, 5.41) is 0. The van der Waals surface area contributed by atoms with Crippen LogP contribution in [0.2, 0.25) is 6.04 Å². The molecule has 0 nitrogen and oxygen atoms in total. The zero-order chi connectivity index (χ0) is 20.1. The largest absolute Gasteiger partial charge is 0.341 e. The Morgan fingerprint density at radius 2 is 0.731 bits per heavy atom. The average molecular weight is 523 g/mol. The molecular weight excluding hydrogens is 485 g/mol. The molecule has 0 rings (SSSR count). The fourth-order valence-corrected chi connectivity index (χ4v) is 4.73. The minimum Gasteiger partial charge on any atom is -0.130 e. The summed E-state index contributed by atoms with van der Waals surface area (Å²) in [4.78, 5) is 0. The first-order valence-electron chi connectivity index (χ1n) is 10.3. The van der Waals surface area contributed by atoms with Gasteiger partial charge in [-0.1, -0.05) is 110 Å². The maximum Gasteiger partial charge on any atom is 0.341 e. The second kappa shape index (κ2) is 23.5. The van der Waals surface area contributed by atoms with Gasteiger partial charge in [0, 0.05) is 0 Å². The van der Waals surface area contributed by atoms with Gasteiger partial charge in [-0.3, -0.25) is 0 Å². The van der Waals surface area contributed by atoms with Crippen molar-refractivity contribution >= 4 is 79.2 Å². The lowest BCUT2D eigenvalue weighted by Crippen LogP contribution is -2.07. The number of unbranched alkanes of at least 4 members (excludes halogenated alkanes) is 15. The third-order valence-electron chi connectivity index (χ3n) is 4.31. The Labute approximate surface area is 193 Å². The summed E-state index contributed by atoms with van der Waals surface area (Å²) in [7, 11) is 0. The van der Waals surface area contributed by atoms with Crippen LogP contribution in [-0.2, 0) is 0 Å². The van der Waals surface area contributed by atoms with E-state index < -0.39 is 12.7 Å². The summed E-state index contributed by atoms with van der Waals surface area (Å²) in [5.41, 5.74) is 0. The zero-order valence-electron chi connectivity index (χ0n) is 16.4. The van der Waals surface area contributed by atoms with Gasteiger partial charge in [-0.15, -0.1) is 66.5 Å². The molecule has 0 spiro atoms. The molecule has 0 fully saturated rings. The molecule has 0 aromatic rings. The molecule has 8 heteroatoms. The highest BCUT2D eigenvalue weighted by Gasteiger charge is 2.23. The van der Waals surface area contributed by atoms with Crippen molar-refractivity contribution in [2.45, 2.75) is 116 Å². The van der Waals surface area contributed by atoms with Crippen LogP contribution in [0.3, 0.4) is 0 Å². The molecule has 0 radical (unpaired) electrons. The van der Waals surface area contributed by atoms with E-state index in [1.54, 1.807) is 0 Å². The molecule has 0 heterocycles. The van der Waals surface area contributed by atoms with Crippen molar-refractivity contribution in [2.75, 3.05) is 0 Å². The summed E-state index contributed by atoms with van der Waals surface area (Å²) in [6.45, 7) is 0.561. The highest BCUT2D eigenvalue weighted by atomic mass is 35.8. The van der Waals surface area contributed by atoms with E-state index in [0.29, 0.717) is 0 Å². The van der Waals surface area contributed by atoms with Gasteiger partial charge in [-0.2, -0.15) is 0 Å². The van der Waals surface area contributed by atoms with E-state index in [9.17, 15) is 0 Å². The summed E-state index contributed by atoms with van der Waals surface area (Å²) in [5.74, 6) is 0. The topological polar surface area (TPSA) is 0 Å². The molecule has 0 unspecified atom stereocenters. The monoisotopic (exact) mass is 520 g/mol. The maximum absolute atomic E-state index is 5.87. The SMILES string of the molecule is CCCCCCCCCCCCCCCCCC[Si](Cl)(Cl)Cl.Cl[SiH](Cl)Cl. The van der Waals surface area contributed by atoms with E-state index in [1.165, 1.54) is 96.3 Å². The molecule has 160 valence electrons. The number of halogens is 6. The smallest absolute Gasteiger partial charge is 0.130 e. The summed E-state index contributed by atoms with van der Waals surface area (Å²) in [6, 6.07) is -1.52. The Bertz CT molecular complexity index is 260. The Balaban J connectivity index is 0. The van der Waals surface area contributed by atoms with Crippen LogP contribution in [0.1, 0.15) is 110 Å². The summed E-state index contributed by atoms with van der Waals surface area (Å²) in [6.07, 6.45) is 22.2. The second-order valence-electron chi connectivity index (χ2n) is 6.92. The number of hydrogen-bond acceptors (Lipinski definition) is 0. The molecule has 0 saturated heterocycles. The van der Waals surface area contributed by atoms with Crippen LogP contribution < -0.4 is 0 Å². The standard InChI is InChI=1S/C18H37Cl3Si.Cl3HSi/c1-2-3-4-5-6-7-8-9-10-11-12-13-14-15-16-17-18-22(19,20)21;1-4(2)3/h2-18H2,1H3;4H. The highest BCUT2D eigenvalue weighted by molar-refractivity contribution is 7.64. The van der Waals surface area contributed by atoms with Gasteiger partial charge in [0.1, 0.15) is 0 Å². The quantitative estimate of drug-likeness (QED) is 0.101. The molecular formula is C18H38Cl6Si2. The molecule has 0 aromatic heterocycles. The molecule has 0 bridgehead atoms. The molecule has 0 N–H and O–H groups in total. The first-order valence-corrected chi connectivity index (χ1v) is 20.8. The summed E-state index contributed by atoms with van der Waals surface area (Å²) >= 11 is 32.4. The van der Waals surface area contributed by atoms with Gasteiger partial charge in [-0.25, -0.2) is 0 Å². The van der Waals surface area contributed by atoms with Crippen LogP contribution in [0.5, 0.6) is 0 Å².